The fraction of sp³-hybridized carbons (Fsp3) is 0.412. The summed E-state index contributed by atoms with van der Waals surface area (Å²) in [6.45, 7) is 6.81. The number of nitrogens with one attached hydrogen (secondary N) is 1. The average molecular weight is 286 g/mol. The zero-order valence-corrected chi connectivity index (χ0v) is 12.8. The Morgan fingerprint density at radius 1 is 1.29 bits per heavy atom. The average Bonchev–Trinajstić information content (AvgIpc) is 2.84. The van der Waals surface area contributed by atoms with E-state index in [0.717, 1.165) is 12.2 Å². The van der Waals surface area contributed by atoms with Crippen LogP contribution in [0.25, 0.3) is 0 Å². The maximum absolute atomic E-state index is 11.8. The van der Waals surface area contributed by atoms with Gasteiger partial charge in [-0.15, -0.1) is 0 Å². The van der Waals surface area contributed by atoms with Crippen molar-refractivity contribution in [2.24, 2.45) is 0 Å². The van der Waals surface area contributed by atoms with E-state index >= 15 is 0 Å². The van der Waals surface area contributed by atoms with Gasteiger partial charge in [-0.05, 0) is 30.4 Å². The molecule has 2 aromatic rings. The van der Waals surface area contributed by atoms with Crippen LogP contribution in [0.2, 0.25) is 0 Å². The van der Waals surface area contributed by atoms with Crippen LogP contribution in [0, 0.1) is 6.92 Å². The zero-order valence-electron chi connectivity index (χ0n) is 12.8. The molecule has 21 heavy (non-hydrogen) atoms. The van der Waals surface area contributed by atoms with E-state index in [0.29, 0.717) is 18.2 Å². The molecule has 0 aliphatic heterocycles. The summed E-state index contributed by atoms with van der Waals surface area (Å²) < 4.78 is 4.94. The highest BCUT2D eigenvalue weighted by molar-refractivity contribution is 5.78. The molecule has 0 aliphatic rings. The molecule has 1 aromatic heterocycles. The van der Waals surface area contributed by atoms with E-state index in [1.54, 1.807) is 6.07 Å². The quantitative estimate of drug-likeness (QED) is 0.888. The summed E-state index contributed by atoms with van der Waals surface area (Å²) >= 11 is 0. The molecule has 4 nitrogen and oxygen atoms in total. The fourth-order valence-electron chi connectivity index (χ4n) is 2.14. The van der Waals surface area contributed by atoms with Crippen molar-refractivity contribution in [3.63, 3.8) is 0 Å². The van der Waals surface area contributed by atoms with Crippen LogP contribution in [0.4, 0.5) is 0 Å². The smallest absolute Gasteiger partial charge is 0.226 e. The van der Waals surface area contributed by atoms with Gasteiger partial charge in [0.05, 0.1) is 12.1 Å². The molecule has 1 amide bonds. The Kier molecular flexibility index (Phi) is 5.14. The number of amides is 1. The molecule has 0 saturated carbocycles. The molecule has 4 heteroatoms. The Balaban J connectivity index is 1.74. The normalized spacial score (nSPS) is 10.9. The lowest BCUT2D eigenvalue weighted by Crippen LogP contribution is -2.27. The van der Waals surface area contributed by atoms with Crippen LogP contribution in [-0.2, 0) is 17.6 Å². The zero-order chi connectivity index (χ0) is 15.2. The predicted molar refractivity (Wildman–Crippen MR) is 82.2 cm³/mol. The SMILES string of the molecule is Cc1cc(CC(=O)NCCc2ccc(C(C)C)cc2)no1. The van der Waals surface area contributed by atoms with Crippen LogP contribution >= 0.6 is 0 Å². The Labute approximate surface area is 125 Å². The summed E-state index contributed by atoms with van der Waals surface area (Å²) in [7, 11) is 0. The number of nitrogens with zero attached hydrogens (tertiary/aromatic N) is 1. The fourth-order valence-corrected chi connectivity index (χ4v) is 2.14. The van der Waals surface area contributed by atoms with Crippen molar-refractivity contribution in [3.8, 4) is 0 Å². The first kappa shape index (κ1) is 15.3. The highest BCUT2D eigenvalue weighted by atomic mass is 16.5. The van der Waals surface area contributed by atoms with E-state index < -0.39 is 0 Å². The summed E-state index contributed by atoms with van der Waals surface area (Å²) in [5.74, 6) is 1.25. The number of carbonyl (C=O) groups excluding carboxylic acids is 1. The summed E-state index contributed by atoms with van der Waals surface area (Å²) in [6.07, 6.45) is 1.10. The van der Waals surface area contributed by atoms with Gasteiger partial charge in [0.25, 0.3) is 0 Å². The standard InChI is InChI=1S/C17H22N2O2/c1-12(2)15-6-4-14(5-7-15)8-9-18-17(20)11-16-10-13(3)21-19-16/h4-7,10,12H,8-9,11H2,1-3H3,(H,18,20). The number of aromatic nitrogens is 1. The van der Waals surface area contributed by atoms with Gasteiger partial charge in [-0.25, -0.2) is 0 Å². The lowest BCUT2D eigenvalue weighted by molar-refractivity contribution is -0.120. The molecule has 1 heterocycles. The second-order valence-corrected chi connectivity index (χ2v) is 5.60. The van der Waals surface area contributed by atoms with Crippen molar-refractivity contribution in [1.29, 1.82) is 0 Å². The third-order valence-corrected chi connectivity index (χ3v) is 3.40. The Morgan fingerprint density at radius 2 is 2.00 bits per heavy atom. The van der Waals surface area contributed by atoms with Crippen LogP contribution in [-0.4, -0.2) is 17.6 Å². The van der Waals surface area contributed by atoms with Gasteiger partial charge < -0.3 is 9.84 Å². The van der Waals surface area contributed by atoms with Crippen LogP contribution < -0.4 is 5.32 Å². The van der Waals surface area contributed by atoms with Gasteiger partial charge in [-0.3, -0.25) is 4.79 Å². The van der Waals surface area contributed by atoms with Gasteiger partial charge in [0.15, 0.2) is 0 Å². The highest BCUT2D eigenvalue weighted by Gasteiger charge is 2.07. The summed E-state index contributed by atoms with van der Waals surface area (Å²) in [6, 6.07) is 10.3. The Hall–Kier alpha value is -2.10. The third-order valence-electron chi connectivity index (χ3n) is 3.40. The molecule has 0 unspecified atom stereocenters. The second kappa shape index (κ2) is 7.07. The van der Waals surface area contributed by atoms with Crippen molar-refractivity contribution >= 4 is 5.91 Å². The summed E-state index contributed by atoms with van der Waals surface area (Å²) in [5.41, 5.74) is 3.24. The molecule has 1 N–H and O–H groups in total. The topological polar surface area (TPSA) is 55.1 Å². The van der Waals surface area contributed by atoms with Gasteiger partial charge in [0.1, 0.15) is 5.76 Å². The number of hydrogen-bond donors (Lipinski definition) is 1. The molecule has 0 atom stereocenters. The first-order chi connectivity index (χ1) is 10.0. The lowest BCUT2D eigenvalue weighted by Gasteiger charge is -2.07. The molecular formula is C17H22N2O2. The maximum atomic E-state index is 11.8. The third kappa shape index (κ3) is 4.74. The van der Waals surface area contributed by atoms with Crippen molar-refractivity contribution in [3.05, 3.63) is 52.9 Å². The van der Waals surface area contributed by atoms with E-state index in [4.69, 9.17) is 4.52 Å². The van der Waals surface area contributed by atoms with Crippen molar-refractivity contribution in [2.45, 2.75) is 39.5 Å². The monoisotopic (exact) mass is 286 g/mol. The van der Waals surface area contributed by atoms with Crippen LogP contribution in [0.1, 0.15) is 42.3 Å². The first-order valence-corrected chi connectivity index (χ1v) is 7.32. The van der Waals surface area contributed by atoms with Gasteiger partial charge in [0, 0.05) is 12.6 Å². The van der Waals surface area contributed by atoms with Crippen LogP contribution in [0.3, 0.4) is 0 Å². The van der Waals surface area contributed by atoms with E-state index in [1.807, 2.05) is 6.92 Å². The maximum Gasteiger partial charge on any atom is 0.226 e. The van der Waals surface area contributed by atoms with Crippen molar-refractivity contribution in [2.75, 3.05) is 6.54 Å². The highest BCUT2D eigenvalue weighted by Crippen LogP contribution is 2.14. The summed E-state index contributed by atoms with van der Waals surface area (Å²) in [5, 5.41) is 6.72. The lowest BCUT2D eigenvalue weighted by atomic mass is 10.0. The first-order valence-electron chi connectivity index (χ1n) is 7.32. The Morgan fingerprint density at radius 3 is 2.57 bits per heavy atom. The van der Waals surface area contributed by atoms with E-state index in [-0.39, 0.29) is 12.3 Å². The largest absolute Gasteiger partial charge is 0.361 e. The minimum Gasteiger partial charge on any atom is -0.361 e. The van der Waals surface area contributed by atoms with Gasteiger partial charge >= 0.3 is 0 Å². The van der Waals surface area contributed by atoms with Gasteiger partial charge in [-0.1, -0.05) is 43.3 Å². The van der Waals surface area contributed by atoms with E-state index in [2.05, 4.69) is 48.6 Å². The molecule has 0 fully saturated rings. The van der Waals surface area contributed by atoms with Crippen LogP contribution in [0.5, 0.6) is 0 Å². The molecule has 0 spiro atoms. The van der Waals surface area contributed by atoms with Gasteiger partial charge in [0.2, 0.25) is 5.91 Å². The molecule has 2 rings (SSSR count). The van der Waals surface area contributed by atoms with Crippen LogP contribution in [0.15, 0.2) is 34.9 Å². The number of benzene rings is 1. The molecule has 0 saturated heterocycles. The van der Waals surface area contributed by atoms with Crippen molar-refractivity contribution < 1.29 is 9.32 Å². The van der Waals surface area contributed by atoms with Crippen molar-refractivity contribution in [1.82, 2.24) is 10.5 Å². The Bertz CT molecular complexity index is 585. The number of rotatable bonds is 6. The minimum absolute atomic E-state index is 0.0258. The predicted octanol–water partition coefficient (Wildman–Crippen LogP) is 3.01. The van der Waals surface area contributed by atoms with E-state index in [9.17, 15) is 4.79 Å². The minimum atomic E-state index is -0.0258. The molecule has 0 bridgehead atoms. The molecular weight excluding hydrogens is 264 g/mol. The van der Waals surface area contributed by atoms with E-state index in [1.165, 1.54) is 11.1 Å². The molecule has 1 aromatic carbocycles. The number of carbonyl (C=O) groups is 1. The number of hydrogen-bond acceptors (Lipinski definition) is 3. The second-order valence-electron chi connectivity index (χ2n) is 5.60. The summed E-state index contributed by atoms with van der Waals surface area (Å²) in [4.78, 5) is 11.8. The molecule has 0 aliphatic carbocycles. The van der Waals surface area contributed by atoms with Gasteiger partial charge in [-0.2, -0.15) is 0 Å². The molecule has 0 radical (unpaired) electrons. The number of aryl methyl sites for hydroxylation is 1. The molecule has 112 valence electrons.